The highest BCUT2D eigenvalue weighted by Crippen LogP contribution is 2.35. The first kappa shape index (κ1) is 14.4. The zero-order valence-corrected chi connectivity index (χ0v) is 12.8. The third-order valence-corrected chi connectivity index (χ3v) is 3.88. The van der Waals surface area contributed by atoms with Gasteiger partial charge in [0.2, 0.25) is 0 Å². The number of hydrogen-bond acceptors (Lipinski definition) is 2. The normalized spacial score (nSPS) is 10.5. The number of halogens is 3. The maximum atomic E-state index is 9.22. The molecule has 6 heteroatoms. The van der Waals surface area contributed by atoms with Crippen molar-refractivity contribution in [3.8, 4) is 17.3 Å². The van der Waals surface area contributed by atoms with Crippen LogP contribution < -0.4 is 0 Å². The molecule has 0 aliphatic rings. The smallest absolute Gasteiger partial charge is 0.101 e. The molecule has 0 spiro atoms. The van der Waals surface area contributed by atoms with Crippen molar-refractivity contribution in [2.24, 2.45) is 0 Å². The monoisotopic (exact) mass is 358 g/mol. The van der Waals surface area contributed by atoms with E-state index in [-0.39, 0.29) is 6.61 Å². The second kappa shape index (κ2) is 5.98. The highest BCUT2D eigenvalue weighted by molar-refractivity contribution is 9.10. The predicted octanol–water partition coefficient (Wildman–Crippen LogP) is 4.09. The molecule has 0 atom stereocenters. The van der Waals surface area contributed by atoms with E-state index in [1.54, 1.807) is 28.8 Å². The molecule has 0 amide bonds. The second-order valence-corrected chi connectivity index (χ2v) is 5.50. The summed E-state index contributed by atoms with van der Waals surface area (Å²) in [4.78, 5) is 0. The van der Waals surface area contributed by atoms with Gasteiger partial charge < -0.3 is 9.67 Å². The molecule has 19 heavy (non-hydrogen) atoms. The maximum Gasteiger partial charge on any atom is 0.101 e. The molecule has 2 rings (SSSR count). The zero-order chi connectivity index (χ0) is 14.0. The van der Waals surface area contributed by atoms with Crippen LogP contribution >= 0.6 is 39.1 Å². The average Bonchev–Trinajstić information content (AvgIpc) is 2.67. The van der Waals surface area contributed by atoms with Crippen LogP contribution in [0.15, 0.2) is 28.9 Å². The Morgan fingerprint density at radius 1 is 1.32 bits per heavy atom. The number of aromatic nitrogens is 1. The van der Waals surface area contributed by atoms with Gasteiger partial charge in [0.1, 0.15) is 6.07 Å². The minimum Gasteiger partial charge on any atom is -0.395 e. The van der Waals surface area contributed by atoms with Crippen LogP contribution in [-0.2, 0) is 6.54 Å². The molecule has 0 radical (unpaired) electrons. The van der Waals surface area contributed by atoms with Gasteiger partial charge in [-0.2, -0.15) is 5.26 Å². The van der Waals surface area contributed by atoms with Crippen LogP contribution in [0.5, 0.6) is 0 Å². The van der Waals surface area contributed by atoms with Crippen LogP contribution in [0, 0.1) is 11.3 Å². The molecule has 0 unspecified atom stereocenters. The molecule has 0 aliphatic carbocycles. The molecule has 0 saturated carbocycles. The Labute approximate surface area is 129 Å². The summed E-state index contributed by atoms with van der Waals surface area (Å²) in [5.41, 5.74) is 1.87. The van der Waals surface area contributed by atoms with Crippen LogP contribution in [0.1, 0.15) is 5.56 Å². The van der Waals surface area contributed by atoms with Crippen LogP contribution in [0.2, 0.25) is 10.0 Å². The SMILES string of the molecule is N#Cc1cc(Br)n(CCO)c1-c1ccc(Cl)cc1Cl. The van der Waals surface area contributed by atoms with E-state index in [0.717, 1.165) is 4.60 Å². The number of aliphatic hydroxyl groups is 1. The number of nitrogens with zero attached hydrogens (tertiary/aromatic N) is 2. The topological polar surface area (TPSA) is 49.0 Å². The fourth-order valence-corrected chi connectivity index (χ4v) is 2.97. The molecule has 2 aromatic rings. The van der Waals surface area contributed by atoms with Crippen molar-refractivity contribution in [1.82, 2.24) is 4.57 Å². The molecule has 98 valence electrons. The van der Waals surface area contributed by atoms with Crippen molar-refractivity contribution >= 4 is 39.1 Å². The van der Waals surface area contributed by atoms with Gasteiger partial charge in [-0.1, -0.05) is 23.2 Å². The standard InChI is InChI=1S/C13H9BrCl2N2O/c14-12-5-8(7-17)13(18(12)3-4-19)10-2-1-9(15)6-11(10)16/h1-2,5-6,19H,3-4H2. The van der Waals surface area contributed by atoms with Gasteiger partial charge in [-0.15, -0.1) is 0 Å². The quantitative estimate of drug-likeness (QED) is 0.897. The first-order valence-electron chi connectivity index (χ1n) is 5.44. The number of hydrogen-bond donors (Lipinski definition) is 1. The predicted molar refractivity (Wildman–Crippen MR) is 79.4 cm³/mol. The summed E-state index contributed by atoms with van der Waals surface area (Å²) in [5, 5.41) is 19.3. The summed E-state index contributed by atoms with van der Waals surface area (Å²) in [6.45, 7) is 0.340. The molecular formula is C13H9BrCl2N2O. The van der Waals surface area contributed by atoms with Gasteiger partial charge in [0, 0.05) is 17.1 Å². The Kier molecular flexibility index (Phi) is 4.54. The zero-order valence-electron chi connectivity index (χ0n) is 9.70. The molecule has 3 nitrogen and oxygen atoms in total. The minimum atomic E-state index is -0.0314. The second-order valence-electron chi connectivity index (χ2n) is 3.84. The van der Waals surface area contributed by atoms with Crippen molar-refractivity contribution in [3.05, 3.63) is 44.5 Å². The Morgan fingerprint density at radius 2 is 2.05 bits per heavy atom. The van der Waals surface area contributed by atoms with E-state index in [1.165, 1.54) is 0 Å². The Morgan fingerprint density at radius 3 is 2.63 bits per heavy atom. The molecule has 0 aliphatic heterocycles. The van der Waals surface area contributed by atoms with E-state index < -0.39 is 0 Å². The summed E-state index contributed by atoms with van der Waals surface area (Å²) in [6, 6.07) is 8.95. The maximum absolute atomic E-state index is 9.22. The lowest BCUT2D eigenvalue weighted by Crippen LogP contribution is -2.04. The number of benzene rings is 1. The van der Waals surface area contributed by atoms with Crippen LogP contribution in [0.4, 0.5) is 0 Å². The van der Waals surface area contributed by atoms with Gasteiger partial charge >= 0.3 is 0 Å². The third-order valence-electron chi connectivity index (χ3n) is 2.68. The van der Waals surface area contributed by atoms with Gasteiger partial charge in [-0.05, 0) is 40.2 Å². The summed E-state index contributed by atoms with van der Waals surface area (Å²) in [5.74, 6) is 0. The van der Waals surface area contributed by atoms with Crippen molar-refractivity contribution in [2.45, 2.75) is 6.54 Å². The average molecular weight is 360 g/mol. The van der Waals surface area contributed by atoms with E-state index in [2.05, 4.69) is 22.0 Å². The van der Waals surface area contributed by atoms with Crippen molar-refractivity contribution < 1.29 is 5.11 Å². The van der Waals surface area contributed by atoms with Crippen LogP contribution in [-0.4, -0.2) is 16.3 Å². The van der Waals surface area contributed by atoms with Crippen LogP contribution in [0.25, 0.3) is 11.3 Å². The molecule has 0 saturated heterocycles. The van der Waals surface area contributed by atoms with E-state index >= 15 is 0 Å². The number of aliphatic hydroxyl groups excluding tert-OH is 1. The lowest BCUT2D eigenvalue weighted by atomic mass is 10.1. The number of nitriles is 1. The number of rotatable bonds is 3. The lowest BCUT2D eigenvalue weighted by Gasteiger charge is -2.11. The summed E-state index contributed by atoms with van der Waals surface area (Å²) in [6.07, 6.45) is 0. The van der Waals surface area contributed by atoms with Crippen molar-refractivity contribution in [1.29, 1.82) is 5.26 Å². The lowest BCUT2D eigenvalue weighted by molar-refractivity contribution is 0.276. The van der Waals surface area contributed by atoms with Gasteiger partial charge in [0.15, 0.2) is 0 Å². The first-order valence-corrected chi connectivity index (χ1v) is 6.98. The fourth-order valence-electron chi connectivity index (χ4n) is 1.89. The molecule has 1 aromatic carbocycles. The van der Waals surface area contributed by atoms with Crippen LogP contribution in [0.3, 0.4) is 0 Å². The Hall–Kier alpha value is -0.990. The molecule has 0 bridgehead atoms. The van der Waals surface area contributed by atoms with Gasteiger partial charge in [0.25, 0.3) is 0 Å². The summed E-state index contributed by atoms with van der Waals surface area (Å²) >= 11 is 15.4. The van der Waals surface area contributed by atoms with E-state index in [9.17, 15) is 5.26 Å². The van der Waals surface area contributed by atoms with E-state index in [4.69, 9.17) is 28.3 Å². The largest absolute Gasteiger partial charge is 0.395 e. The summed E-state index contributed by atoms with van der Waals surface area (Å²) in [7, 11) is 0. The molecular weight excluding hydrogens is 351 g/mol. The Balaban J connectivity index is 2.69. The fraction of sp³-hybridized carbons (Fsp3) is 0.154. The van der Waals surface area contributed by atoms with E-state index in [1.807, 2.05) is 0 Å². The summed E-state index contributed by atoms with van der Waals surface area (Å²) < 4.78 is 2.52. The third kappa shape index (κ3) is 2.80. The Bertz CT molecular complexity index is 661. The minimum absolute atomic E-state index is 0.0314. The van der Waals surface area contributed by atoms with Crippen molar-refractivity contribution in [3.63, 3.8) is 0 Å². The van der Waals surface area contributed by atoms with Gasteiger partial charge in [0.05, 0.1) is 27.5 Å². The highest BCUT2D eigenvalue weighted by atomic mass is 79.9. The van der Waals surface area contributed by atoms with Gasteiger partial charge in [-0.25, -0.2) is 0 Å². The highest BCUT2D eigenvalue weighted by Gasteiger charge is 2.17. The molecule has 1 heterocycles. The molecule has 1 N–H and O–H groups in total. The van der Waals surface area contributed by atoms with Crippen molar-refractivity contribution in [2.75, 3.05) is 6.61 Å². The molecule has 0 fully saturated rings. The van der Waals surface area contributed by atoms with Gasteiger partial charge in [-0.3, -0.25) is 0 Å². The molecule has 1 aromatic heterocycles. The first-order chi connectivity index (χ1) is 9.08. The van der Waals surface area contributed by atoms with E-state index in [0.29, 0.717) is 33.4 Å².